The number of rotatable bonds is 7. The van der Waals surface area contributed by atoms with E-state index in [0.717, 1.165) is 18.9 Å². The maximum Gasteiger partial charge on any atom is 0.322 e. The highest BCUT2D eigenvalue weighted by atomic mass is 16.5. The van der Waals surface area contributed by atoms with Crippen LogP contribution in [0.2, 0.25) is 0 Å². The third-order valence-corrected chi connectivity index (χ3v) is 3.09. The van der Waals surface area contributed by atoms with Gasteiger partial charge in [0.25, 0.3) is 0 Å². The van der Waals surface area contributed by atoms with Gasteiger partial charge < -0.3 is 15.4 Å². The molecule has 1 aromatic rings. The van der Waals surface area contributed by atoms with Crippen LogP contribution >= 0.6 is 0 Å². The molecule has 1 heterocycles. The van der Waals surface area contributed by atoms with E-state index in [4.69, 9.17) is 4.74 Å². The Morgan fingerprint density at radius 3 is 2.61 bits per heavy atom. The molecule has 2 atom stereocenters. The van der Waals surface area contributed by atoms with E-state index in [0.29, 0.717) is 23.9 Å². The molecule has 2 rings (SSSR count). The number of aromatic nitrogens is 3. The minimum absolute atomic E-state index is 0.347. The van der Waals surface area contributed by atoms with Crippen molar-refractivity contribution in [3.63, 3.8) is 0 Å². The molecular weight excluding hydrogens is 230 g/mol. The van der Waals surface area contributed by atoms with E-state index in [1.165, 1.54) is 12.8 Å². The first kappa shape index (κ1) is 12.9. The molecule has 1 aliphatic rings. The first-order chi connectivity index (χ1) is 8.76. The van der Waals surface area contributed by atoms with Crippen LogP contribution in [0, 0.1) is 5.92 Å². The predicted octanol–water partition coefficient (Wildman–Crippen LogP) is 1.91. The van der Waals surface area contributed by atoms with Crippen molar-refractivity contribution in [2.75, 3.05) is 24.3 Å². The van der Waals surface area contributed by atoms with Crippen molar-refractivity contribution in [2.24, 2.45) is 5.92 Å². The average Bonchev–Trinajstić information content (AvgIpc) is 3.14. The Bertz CT molecular complexity index is 398. The lowest BCUT2D eigenvalue weighted by molar-refractivity contribution is 0.379. The van der Waals surface area contributed by atoms with E-state index in [1.807, 2.05) is 0 Å². The van der Waals surface area contributed by atoms with E-state index in [2.05, 4.69) is 39.4 Å². The number of methoxy groups -OCH3 is 1. The highest BCUT2D eigenvalue weighted by molar-refractivity contribution is 5.37. The van der Waals surface area contributed by atoms with Crippen molar-refractivity contribution in [1.82, 2.24) is 15.0 Å². The van der Waals surface area contributed by atoms with Crippen LogP contribution in [0.1, 0.15) is 33.1 Å². The Hall–Kier alpha value is -1.59. The van der Waals surface area contributed by atoms with Crippen LogP contribution in [0.5, 0.6) is 6.01 Å². The van der Waals surface area contributed by atoms with Gasteiger partial charge in [-0.3, -0.25) is 0 Å². The van der Waals surface area contributed by atoms with Crippen molar-refractivity contribution < 1.29 is 4.74 Å². The first-order valence-corrected chi connectivity index (χ1v) is 6.57. The van der Waals surface area contributed by atoms with E-state index in [-0.39, 0.29) is 0 Å². The fourth-order valence-electron chi connectivity index (χ4n) is 1.87. The van der Waals surface area contributed by atoms with Crippen molar-refractivity contribution in [3.05, 3.63) is 0 Å². The Kier molecular flexibility index (Phi) is 4.17. The van der Waals surface area contributed by atoms with Gasteiger partial charge in [-0.05, 0) is 18.8 Å². The van der Waals surface area contributed by atoms with Gasteiger partial charge in [-0.1, -0.05) is 20.3 Å². The molecule has 1 saturated carbocycles. The van der Waals surface area contributed by atoms with Crippen LogP contribution < -0.4 is 15.4 Å². The Morgan fingerprint density at radius 1 is 1.22 bits per heavy atom. The summed E-state index contributed by atoms with van der Waals surface area (Å²) in [4.78, 5) is 12.7. The number of hydrogen-bond acceptors (Lipinski definition) is 6. The monoisotopic (exact) mass is 251 g/mol. The van der Waals surface area contributed by atoms with Gasteiger partial charge in [-0.25, -0.2) is 0 Å². The largest absolute Gasteiger partial charge is 0.467 e. The molecule has 6 heteroatoms. The van der Waals surface area contributed by atoms with Gasteiger partial charge in [0, 0.05) is 12.6 Å². The minimum atomic E-state index is 0.347. The number of nitrogens with zero attached hydrogens (tertiary/aromatic N) is 3. The molecule has 0 amide bonds. The molecule has 1 aliphatic carbocycles. The maximum absolute atomic E-state index is 5.09. The van der Waals surface area contributed by atoms with Gasteiger partial charge in [0.2, 0.25) is 11.9 Å². The highest BCUT2D eigenvalue weighted by Crippen LogP contribution is 2.35. The summed E-state index contributed by atoms with van der Waals surface area (Å²) in [6.45, 7) is 5.14. The quantitative estimate of drug-likeness (QED) is 0.771. The SMILES string of the molecule is CCCNc1nc(NC2CC2CC)nc(OC)n1. The number of nitrogens with one attached hydrogen (secondary N) is 2. The molecule has 0 spiro atoms. The summed E-state index contributed by atoms with van der Waals surface area (Å²) in [5.74, 6) is 1.92. The van der Waals surface area contributed by atoms with Crippen LogP contribution in [0.4, 0.5) is 11.9 Å². The van der Waals surface area contributed by atoms with E-state index in [1.54, 1.807) is 7.11 Å². The normalized spacial score (nSPS) is 21.5. The summed E-state index contributed by atoms with van der Waals surface area (Å²) in [7, 11) is 1.56. The summed E-state index contributed by atoms with van der Waals surface area (Å²) in [5, 5.41) is 6.47. The van der Waals surface area contributed by atoms with E-state index < -0.39 is 0 Å². The molecule has 6 nitrogen and oxygen atoms in total. The lowest BCUT2D eigenvalue weighted by atomic mass is 10.3. The van der Waals surface area contributed by atoms with Gasteiger partial charge in [0.1, 0.15) is 0 Å². The molecule has 100 valence electrons. The van der Waals surface area contributed by atoms with E-state index in [9.17, 15) is 0 Å². The summed E-state index contributed by atoms with van der Waals surface area (Å²) in [6.07, 6.45) is 3.42. The average molecular weight is 251 g/mol. The Balaban J connectivity index is 2.03. The number of ether oxygens (including phenoxy) is 1. The van der Waals surface area contributed by atoms with Gasteiger partial charge in [0.05, 0.1) is 7.11 Å². The fraction of sp³-hybridized carbons (Fsp3) is 0.750. The van der Waals surface area contributed by atoms with Gasteiger partial charge in [-0.2, -0.15) is 15.0 Å². The molecule has 18 heavy (non-hydrogen) atoms. The number of anilines is 2. The highest BCUT2D eigenvalue weighted by Gasteiger charge is 2.35. The first-order valence-electron chi connectivity index (χ1n) is 6.57. The minimum Gasteiger partial charge on any atom is -0.467 e. The second-order valence-electron chi connectivity index (χ2n) is 4.55. The standard InChI is InChI=1S/C12H21N5O/c1-4-6-13-10-15-11(17-12(16-10)18-3)14-9-7-8(9)5-2/h8-9H,4-7H2,1-3H3,(H2,13,14,15,16,17). The Morgan fingerprint density at radius 2 is 2.00 bits per heavy atom. The second-order valence-corrected chi connectivity index (χ2v) is 4.55. The third kappa shape index (κ3) is 3.21. The predicted molar refractivity (Wildman–Crippen MR) is 71.0 cm³/mol. The fourth-order valence-corrected chi connectivity index (χ4v) is 1.87. The molecule has 0 aromatic carbocycles. The molecule has 0 radical (unpaired) electrons. The van der Waals surface area contributed by atoms with Crippen LogP contribution in [-0.2, 0) is 0 Å². The van der Waals surface area contributed by atoms with Gasteiger partial charge >= 0.3 is 6.01 Å². The second kappa shape index (κ2) is 5.84. The summed E-state index contributed by atoms with van der Waals surface area (Å²) in [5.41, 5.74) is 0. The van der Waals surface area contributed by atoms with Crippen LogP contribution in [0.15, 0.2) is 0 Å². The van der Waals surface area contributed by atoms with Crippen molar-refractivity contribution in [2.45, 2.75) is 39.2 Å². The molecule has 0 bridgehead atoms. The van der Waals surface area contributed by atoms with Crippen molar-refractivity contribution >= 4 is 11.9 Å². The topological polar surface area (TPSA) is 72.0 Å². The molecule has 0 saturated heterocycles. The van der Waals surface area contributed by atoms with Crippen LogP contribution in [0.25, 0.3) is 0 Å². The lowest BCUT2D eigenvalue weighted by Crippen LogP contribution is -2.12. The summed E-state index contributed by atoms with van der Waals surface area (Å²) < 4.78 is 5.09. The molecular formula is C12H21N5O. The van der Waals surface area contributed by atoms with E-state index >= 15 is 0 Å². The maximum atomic E-state index is 5.09. The molecule has 1 aromatic heterocycles. The summed E-state index contributed by atoms with van der Waals surface area (Å²) >= 11 is 0. The van der Waals surface area contributed by atoms with Crippen molar-refractivity contribution in [1.29, 1.82) is 0 Å². The third-order valence-electron chi connectivity index (χ3n) is 3.09. The molecule has 0 aliphatic heterocycles. The summed E-state index contributed by atoms with van der Waals surface area (Å²) in [6, 6.07) is 0.848. The van der Waals surface area contributed by atoms with Crippen LogP contribution in [-0.4, -0.2) is 34.6 Å². The Labute approximate surface area is 108 Å². The van der Waals surface area contributed by atoms with Gasteiger partial charge in [-0.15, -0.1) is 0 Å². The lowest BCUT2D eigenvalue weighted by Gasteiger charge is -2.08. The number of hydrogen-bond donors (Lipinski definition) is 2. The van der Waals surface area contributed by atoms with Crippen LogP contribution in [0.3, 0.4) is 0 Å². The smallest absolute Gasteiger partial charge is 0.322 e. The zero-order valence-electron chi connectivity index (χ0n) is 11.2. The zero-order chi connectivity index (χ0) is 13.0. The van der Waals surface area contributed by atoms with Crippen molar-refractivity contribution in [3.8, 4) is 6.01 Å². The molecule has 2 unspecified atom stereocenters. The van der Waals surface area contributed by atoms with Gasteiger partial charge in [0.15, 0.2) is 0 Å². The molecule has 2 N–H and O–H groups in total. The zero-order valence-corrected chi connectivity index (χ0v) is 11.2. The molecule has 1 fully saturated rings.